The van der Waals surface area contributed by atoms with Gasteiger partial charge in [-0.1, -0.05) is 25.1 Å². The van der Waals surface area contributed by atoms with Crippen LogP contribution in [-0.2, 0) is 16.0 Å². The molecule has 0 radical (unpaired) electrons. The molecule has 0 atom stereocenters. The highest BCUT2D eigenvalue weighted by molar-refractivity contribution is 5.81. The molecule has 1 N–H and O–H groups in total. The molecule has 0 spiro atoms. The first-order chi connectivity index (χ1) is 12.7. The average Bonchev–Trinajstić information content (AvgIpc) is 3.15. The van der Waals surface area contributed by atoms with E-state index in [4.69, 9.17) is 0 Å². The van der Waals surface area contributed by atoms with Gasteiger partial charge >= 0.3 is 0 Å². The van der Waals surface area contributed by atoms with Crippen molar-refractivity contribution in [2.75, 3.05) is 19.6 Å². The van der Waals surface area contributed by atoms with Gasteiger partial charge in [-0.25, -0.2) is 4.68 Å². The Labute approximate surface area is 154 Å². The molecule has 1 saturated heterocycles. The van der Waals surface area contributed by atoms with Crippen molar-refractivity contribution in [2.45, 2.75) is 32.6 Å². The average molecular weight is 354 g/mol. The van der Waals surface area contributed by atoms with Gasteiger partial charge < -0.3 is 10.2 Å². The minimum Gasteiger partial charge on any atom is -0.356 e. The van der Waals surface area contributed by atoms with Gasteiger partial charge in [0, 0.05) is 31.7 Å². The molecule has 0 bridgehead atoms. The van der Waals surface area contributed by atoms with Crippen LogP contribution in [0.1, 0.15) is 31.7 Å². The van der Waals surface area contributed by atoms with Crippen molar-refractivity contribution in [3.8, 4) is 5.69 Å². The van der Waals surface area contributed by atoms with E-state index in [1.54, 1.807) is 10.9 Å². The number of nitrogens with zero attached hydrogens (tertiary/aromatic N) is 3. The molecular weight excluding hydrogens is 328 g/mol. The van der Waals surface area contributed by atoms with E-state index in [0.29, 0.717) is 19.5 Å². The third-order valence-electron chi connectivity index (χ3n) is 4.78. The van der Waals surface area contributed by atoms with Crippen LogP contribution in [0.2, 0.25) is 0 Å². The van der Waals surface area contributed by atoms with Crippen LogP contribution in [0.3, 0.4) is 0 Å². The Morgan fingerprint density at radius 3 is 2.62 bits per heavy atom. The summed E-state index contributed by atoms with van der Waals surface area (Å²) in [5.74, 6) is 0.263. The number of hydrogen-bond acceptors (Lipinski definition) is 3. The smallest absolute Gasteiger partial charge is 0.227 e. The first-order valence-electron chi connectivity index (χ1n) is 9.32. The highest BCUT2D eigenvalue weighted by atomic mass is 16.2. The molecule has 26 heavy (non-hydrogen) atoms. The van der Waals surface area contributed by atoms with Crippen molar-refractivity contribution < 1.29 is 9.59 Å². The number of likely N-dealkylation sites (tertiary alicyclic amines) is 1. The predicted molar refractivity (Wildman–Crippen MR) is 99.9 cm³/mol. The Balaban J connectivity index is 1.50. The van der Waals surface area contributed by atoms with E-state index in [0.717, 1.165) is 37.1 Å². The fraction of sp³-hybridized carbons (Fsp3) is 0.450. The summed E-state index contributed by atoms with van der Waals surface area (Å²) in [6.07, 6.45) is 6.42. The van der Waals surface area contributed by atoms with Crippen LogP contribution in [-0.4, -0.2) is 46.1 Å². The third kappa shape index (κ3) is 4.50. The van der Waals surface area contributed by atoms with Crippen molar-refractivity contribution in [3.05, 3.63) is 48.3 Å². The minimum atomic E-state index is 0.0337. The van der Waals surface area contributed by atoms with Crippen LogP contribution in [0, 0.1) is 5.92 Å². The number of para-hydroxylation sites is 1. The molecule has 2 aromatic rings. The molecule has 3 rings (SSSR count). The number of carbonyl (C=O) groups excluding carboxylic acids is 2. The van der Waals surface area contributed by atoms with Crippen molar-refractivity contribution in [1.82, 2.24) is 20.0 Å². The Kier molecular flexibility index (Phi) is 6.04. The first kappa shape index (κ1) is 18.2. The number of nitrogens with one attached hydrogen (secondary N) is 1. The highest BCUT2D eigenvalue weighted by Crippen LogP contribution is 2.18. The largest absolute Gasteiger partial charge is 0.356 e. The lowest BCUT2D eigenvalue weighted by atomic mass is 9.95. The molecule has 1 aromatic heterocycles. The standard InChI is InChI=1S/C20H26N4O2/c1-2-10-21-20(26)17-8-11-23(12-9-17)19(25)13-16-14-22-24(15-16)18-6-4-3-5-7-18/h3-7,14-15,17H,2,8-13H2,1H3,(H,21,26). The highest BCUT2D eigenvalue weighted by Gasteiger charge is 2.27. The van der Waals surface area contributed by atoms with E-state index in [1.165, 1.54) is 0 Å². The Morgan fingerprint density at radius 1 is 1.19 bits per heavy atom. The van der Waals surface area contributed by atoms with Crippen LogP contribution in [0.5, 0.6) is 0 Å². The normalized spacial score (nSPS) is 15.0. The minimum absolute atomic E-state index is 0.0337. The van der Waals surface area contributed by atoms with E-state index >= 15 is 0 Å². The monoisotopic (exact) mass is 354 g/mol. The molecule has 138 valence electrons. The second-order valence-corrected chi connectivity index (χ2v) is 6.75. The van der Waals surface area contributed by atoms with Crippen LogP contribution >= 0.6 is 0 Å². The molecule has 1 aliphatic heterocycles. The second-order valence-electron chi connectivity index (χ2n) is 6.75. The molecule has 1 aliphatic rings. The molecule has 2 amide bonds. The Morgan fingerprint density at radius 2 is 1.92 bits per heavy atom. The lowest BCUT2D eigenvalue weighted by Gasteiger charge is -2.31. The zero-order valence-corrected chi connectivity index (χ0v) is 15.2. The molecule has 1 fully saturated rings. The summed E-state index contributed by atoms with van der Waals surface area (Å²) in [5.41, 5.74) is 1.88. The summed E-state index contributed by atoms with van der Waals surface area (Å²) < 4.78 is 1.78. The summed E-state index contributed by atoms with van der Waals surface area (Å²) in [6.45, 7) is 4.07. The van der Waals surface area contributed by atoms with E-state index in [-0.39, 0.29) is 17.7 Å². The maximum absolute atomic E-state index is 12.6. The molecule has 0 unspecified atom stereocenters. The van der Waals surface area contributed by atoms with Crippen molar-refractivity contribution >= 4 is 11.8 Å². The molecule has 1 aromatic carbocycles. The number of carbonyl (C=O) groups is 2. The van der Waals surface area contributed by atoms with E-state index in [2.05, 4.69) is 10.4 Å². The lowest BCUT2D eigenvalue weighted by molar-refractivity contribution is -0.135. The van der Waals surface area contributed by atoms with Gasteiger partial charge in [-0.3, -0.25) is 9.59 Å². The number of hydrogen-bond donors (Lipinski definition) is 1. The SMILES string of the molecule is CCCNC(=O)C1CCN(C(=O)Cc2cnn(-c3ccccc3)c2)CC1. The van der Waals surface area contributed by atoms with Gasteiger partial charge in [0.15, 0.2) is 0 Å². The summed E-state index contributed by atoms with van der Waals surface area (Å²) >= 11 is 0. The number of aromatic nitrogens is 2. The van der Waals surface area contributed by atoms with Gasteiger partial charge in [0.2, 0.25) is 11.8 Å². The summed E-state index contributed by atoms with van der Waals surface area (Å²) in [4.78, 5) is 26.5. The first-order valence-corrected chi connectivity index (χ1v) is 9.32. The third-order valence-corrected chi connectivity index (χ3v) is 4.78. The van der Waals surface area contributed by atoms with Gasteiger partial charge in [0.05, 0.1) is 18.3 Å². The summed E-state index contributed by atoms with van der Waals surface area (Å²) in [7, 11) is 0. The second kappa shape index (κ2) is 8.65. The molecule has 0 saturated carbocycles. The van der Waals surface area contributed by atoms with Crippen molar-refractivity contribution in [3.63, 3.8) is 0 Å². The number of amides is 2. The van der Waals surface area contributed by atoms with E-state index in [9.17, 15) is 9.59 Å². The van der Waals surface area contributed by atoms with Crippen molar-refractivity contribution in [1.29, 1.82) is 0 Å². The maximum Gasteiger partial charge on any atom is 0.227 e. The van der Waals surface area contributed by atoms with Crippen LogP contribution in [0.15, 0.2) is 42.7 Å². The molecule has 6 heteroatoms. The maximum atomic E-state index is 12.6. The molecule has 2 heterocycles. The zero-order chi connectivity index (χ0) is 18.4. The molecular formula is C20H26N4O2. The predicted octanol–water partition coefficient (Wildman–Crippen LogP) is 2.18. The van der Waals surface area contributed by atoms with Gasteiger partial charge in [-0.2, -0.15) is 5.10 Å². The Hall–Kier alpha value is -2.63. The molecule has 0 aliphatic carbocycles. The van der Waals surface area contributed by atoms with Gasteiger partial charge in [-0.15, -0.1) is 0 Å². The molecule has 6 nitrogen and oxygen atoms in total. The van der Waals surface area contributed by atoms with Crippen LogP contribution < -0.4 is 5.32 Å². The summed E-state index contributed by atoms with van der Waals surface area (Å²) in [5, 5.41) is 7.29. The quantitative estimate of drug-likeness (QED) is 0.865. The lowest BCUT2D eigenvalue weighted by Crippen LogP contribution is -2.43. The van der Waals surface area contributed by atoms with Gasteiger partial charge in [0.25, 0.3) is 0 Å². The van der Waals surface area contributed by atoms with E-state index < -0.39 is 0 Å². The number of piperidine rings is 1. The fourth-order valence-corrected chi connectivity index (χ4v) is 3.24. The van der Waals surface area contributed by atoms with Crippen LogP contribution in [0.4, 0.5) is 0 Å². The topological polar surface area (TPSA) is 67.2 Å². The number of benzene rings is 1. The van der Waals surface area contributed by atoms with Gasteiger partial charge in [-0.05, 0) is 37.0 Å². The van der Waals surface area contributed by atoms with Crippen LogP contribution in [0.25, 0.3) is 5.69 Å². The van der Waals surface area contributed by atoms with E-state index in [1.807, 2.05) is 48.4 Å². The fourth-order valence-electron chi connectivity index (χ4n) is 3.24. The zero-order valence-electron chi connectivity index (χ0n) is 15.2. The number of rotatable bonds is 6. The Bertz CT molecular complexity index is 733. The van der Waals surface area contributed by atoms with Gasteiger partial charge in [0.1, 0.15) is 0 Å². The van der Waals surface area contributed by atoms with Crippen molar-refractivity contribution in [2.24, 2.45) is 5.92 Å². The summed E-state index contributed by atoms with van der Waals surface area (Å²) in [6, 6.07) is 9.84.